The van der Waals surface area contributed by atoms with Gasteiger partial charge in [0.25, 0.3) is 0 Å². The van der Waals surface area contributed by atoms with Crippen molar-refractivity contribution in [3.63, 3.8) is 0 Å². The number of nitrogens with zero attached hydrogens (tertiary/aromatic N) is 2. The minimum absolute atomic E-state index is 0.00159. The predicted octanol–water partition coefficient (Wildman–Crippen LogP) is 5.09. The Morgan fingerprint density at radius 3 is 2.08 bits per heavy atom. The van der Waals surface area contributed by atoms with Gasteiger partial charge < -0.3 is 14.6 Å². The lowest BCUT2D eigenvalue weighted by Crippen LogP contribution is -2.64. The van der Waals surface area contributed by atoms with Crippen molar-refractivity contribution in [3.05, 3.63) is 117 Å². The highest BCUT2D eigenvalue weighted by Crippen LogP contribution is 2.39. The fourth-order valence-electron chi connectivity index (χ4n) is 5.00. The third kappa shape index (κ3) is 6.46. The van der Waals surface area contributed by atoms with E-state index in [0.29, 0.717) is 6.07 Å². The van der Waals surface area contributed by atoms with Crippen LogP contribution in [0.3, 0.4) is 0 Å². The van der Waals surface area contributed by atoms with Gasteiger partial charge in [-0.2, -0.15) is 0 Å². The maximum Gasteiger partial charge on any atom is 0.410 e. The number of carbonyl (C=O) groups is 1. The van der Waals surface area contributed by atoms with E-state index in [1.165, 1.54) is 4.90 Å². The van der Waals surface area contributed by atoms with Crippen LogP contribution in [-0.2, 0) is 21.5 Å². The smallest absolute Gasteiger partial charge is 0.410 e. The highest BCUT2D eigenvalue weighted by molar-refractivity contribution is 5.69. The van der Waals surface area contributed by atoms with E-state index in [9.17, 15) is 28.8 Å². The molecule has 0 aromatic heterocycles. The maximum absolute atomic E-state index is 13.8. The number of hydrogen-bond donors (Lipinski definition) is 1. The molecule has 40 heavy (non-hydrogen) atoms. The summed E-state index contributed by atoms with van der Waals surface area (Å²) in [5.41, 5.74) is -0.575. The topological polar surface area (TPSA) is 102 Å². The van der Waals surface area contributed by atoms with Crippen LogP contribution in [-0.4, -0.2) is 58.0 Å². The van der Waals surface area contributed by atoms with Crippen molar-refractivity contribution in [1.29, 1.82) is 0 Å². The molecule has 1 saturated heterocycles. The number of rotatable bonds is 7. The molecule has 4 rings (SSSR count). The van der Waals surface area contributed by atoms with Crippen LogP contribution in [0, 0.1) is 21.7 Å². The third-order valence-electron chi connectivity index (χ3n) is 6.83. The molecule has 3 aromatic rings. The minimum Gasteiger partial charge on any atom is -0.444 e. The first-order valence-electron chi connectivity index (χ1n) is 12.9. The standard InChI is InChI=1S/C30H32F2N2O6/c1-29(2,3)40-28(36)33-19-30(21-10-6-4-7-11-21,22-12-8-5-9-13-22)39-18-26(33)27(35)25(34(37)38)16-20-14-23(31)17-24(32)15-20/h4-15,17,25-27,35H,16,18-19H2,1-3H3/t25-,26?,27-/m0/s1. The van der Waals surface area contributed by atoms with Gasteiger partial charge in [0.05, 0.1) is 19.2 Å². The summed E-state index contributed by atoms with van der Waals surface area (Å²) in [6.45, 7) is 4.69. The maximum atomic E-state index is 13.8. The summed E-state index contributed by atoms with van der Waals surface area (Å²) < 4.78 is 39.7. The average molecular weight is 555 g/mol. The average Bonchev–Trinajstić information content (AvgIpc) is 2.90. The molecule has 0 radical (unpaired) electrons. The molecule has 1 unspecified atom stereocenters. The molecule has 212 valence electrons. The third-order valence-corrected chi connectivity index (χ3v) is 6.83. The normalized spacial score (nSPS) is 18.6. The van der Waals surface area contributed by atoms with Crippen LogP contribution in [0.5, 0.6) is 0 Å². The number of carbonyl (C=O) groups excluding carboxylic acids is 1. The van der Waals surface area contributed by atoms with E-state index in [-0.39, 0.29) is 18.7 Å². The zero-order valence-electron chi connectivity index (χ0n) is 22.5. The van der Waals surface area contributed by atoms with Gasteiger partial charge in [-0.25, -0.2) is 13.6 Å². The quantitative estimate of drug-likeness (QED) is 0.322. The van der Waals surface area contributed by atoms with E-state index < -0.39 is 58.5 Å². The molecule has 3 atom stereocenters. The van der Waals surface area contributed by atoms with Gasteiger partial charge in [-0.1, -0.05) is 60.7 Å². The second-order valence-corrected chi connectivity index (χ2v) is 10.9. The fraction of sp³-hybridized carbons (Fsp3) is 0.367. The van der Waals surface area contributed by atoms with Crippen molar-refractivity contribution < 1.29 is 33.1 Å². The number of nitro groups is 1. The van der Waals surface area contributed by atoms with Gasteiger partial charge in [0, 0.05) is 17.4 Å². The molecule has 1 fully saturated rings. The number of aliphatic hydroxyl groups is 1. The van der Waals surface area contributed by atoms with Crippen LogP contribution in [0.25, 0.3) is 0 Å². The van der Waals surface area contributed by atoms with Crippen LogP contribution in [0.15, 0.2) is 78.9 Å². The number of halogens is 2. The summed E-state index contributed by atoms with van der Waals surface area (Å²) in [5.74, 6) is -1.78. The molecule has 1 aliphatic rings. The van der Waals surface area contributed by atoms with Gasteiger partial charge in [0.15, 0.2) is 0 Å². The molecule has 0 bridgehead atoms. The summed E-state index contributed by atoms with van der Waals surface area (Å²) in [6, 6.07) is 18.2. The summed E-state index contributed by atoms with van der Waals surface area (Å²) in [7, 11) is 0. The van der Waals surface area contributed by atoms with Gasteiger partial charge in [0.2, 0.25) is 6.04 Å². The summed E-state index contributed by atoms with van der Waals surface area (Å²) in [6.07, 6.45) is -3.00. The predicted molar refractivity (Wildman–Crippen MR) is 143 cm³/mol. The zero-order valence-corrected chi connectivity index (χ0v) is 22.5. The van der Waals surface area contributed by atoms with Crippen molar-refractivity contribution in [3.8, 4) is 0 Å². The first-order chi connectivity index (χ1) is 18.9. The molecule has 0 spiro atoms. The van der Waals surface area contributed by atoms with E-state index in [0.717, 1.165) is 23.3 Å². The minimum atomic E-state index is -1.75. The monoisotopic (exact) mass is 554 g/mol. The SMILES string of the molecule is CC(C)(C)OC(=O)N1CC(c2ccccc2)(c2ccccc2)OCC1[C@@H](O)[C@H](Cc1cc(F)cc(F)c1)[N+](=O)[O-]. The van der Waals surface area contributed by atoms with Crippen molar-refractivity contribution in [1.82, 2.24) is 4.90 Å². The summed E-state index contributed by atoms with van der Waals surface area (Å²) in [4.78, 5) is 26.3. The van der Waals surface area contributed by atoms with Crippen LogP contribution >= 0.6 is 0 Å². The molecule has 1 N–H and O–H groups in total. The molecular weight excluding hydrogens is 522 g/mol. The van der Waals surface area contributed by atoms with Crippen molar-refractivity contribution in [2.75, 3.05) is 13.2 Å². The van der Waals surface area contributed by atoms with Gasteiger partial charge >= 0.3 is 6.09 Å². The molecule has 8 nitrogen and oxygen atoms in total. The Labute approximate surface area is 231 Å². The summed E-state index contributed by atoms with van der Waals surface area (Å²) >= 11 is 0. The van der Waals surface area contributed by atoms with E-state index in [4.69, 9.17) is 9.47 Å². The number of ether oxygens (including phenoxy) is 2. The number of amides is 1. The molecular formula is C30H32F2N2O6. The second-order valence-electron chi connectivity index (χ2n) is 10.9. The van der Waals surface area contributed by atoms with Gasteiger partial charge in [0.1, 0.15) is 28.9 Å². The Morgan fingerprint density at radius 2 is 1.60 bits per heavy atom. The largest absolute Gasteiger partial charge is 0.444 e. The number of morpholine rings is 1. The lowest BCUT2D eigenvalue weighted by atomic mass is 9.83. The fourth-order valence-corrected chi connectivity index (χ4v) is 5.00. The van der Waals surface area contributed by atoms with E-state index in [1.807, 2.05) is 60.7 Å². The zero-order chi connectivity index (χ0) is 29.1. The highest BCUT2D eigenvalue weighted by Gasteiger charge is 2.51. The van der Waals surface area contributed by atoms with Crippen molar-refractivity contribution >= 4 is 6.09 Å². The summed E-state index contributed by atoms with van der Waals surface area (Å²) in [5, 5.41) is 23.5. The van der Waals surface area contributed by atoms with Gasteiger partial charge in [-0.15, -0.1) is 0 Å². The van der Waals surface area contributed by atoms with E-state index in [1.54, 1.807) is 20.8 Å². The Bertz CT molecular complexity index is 1270. The Morgan fingerprint density at radius 1 is 1.07 bits per heavy atom. The van der Waals surface area contributed by atoms with Crippen molar-refractivity contribution in [2.45, 2.75) is 56.6 Å². The first kappa shape index (κ1) is 29.1. The number of hydrogen-bond acceptors (Lipinski definition) is 6. The van der Waals surface area contributed by atoms with E-state index in [2.05, 4.69) is 0 Å². The second kappa shape index (κ2) is 11.7. The van der Waals surface area contributed by atoms with Crippen LogP contribution in [0.4, 0.5) is 13.6 Å². The lowest BCUT2D eigenvalue weighted by Gasteiger charge is -2.48. The molecule has 10 heteroatoms. The highest BCUT2D eigenvalue weighted by atomic mass is 19.1. The van der Waals surface area contributed by atoms with Crippen molar-refractivity contribution in [2.24, 2.45) is 0 Å². The number of benzene rings is 3. The Balaban J connectivity index is 1.74. The molecule has 1 heterocycles. The van der Waals surface area contributed by atoms with E-state index >= 15 is 0 Å². The first-order valence-corrected chi connectivity index (χ1v) is 12.9. The van der Waals surface area contributed by atoms with Gasteiger partial charge in [-0.05, 0) is 49.6 Å². The Kier molecular flexibility index (Phi) is 8.51. The molecule has 0 saturated carbocycles. The molecule has 1 amide bonds. The van der Waals surface area contributed by atoms with Crippen LogP contribution in [0.2, 0.25) is 0 Å². The van der Waals surface area contributed by atoms with Crippen LogP contribution in [0.1, 0.15) is 37.5 Å². The number of aliphatic hydroxyl groups excluding tert-OH is 1. The molecule has 0 aliphatic carbocycles. The lowest BCUT2D eigenvalue weighted by molar-refractivity contribution is -0.536. The van der Waals surface area contributed by atoms with Gasteiger partial charge in [-0.3, -0.25) is 15.0 Å². The molecule has 1 aliphatic heterocycles. The molecule has 3 aromatic carbocycles. The Hall–Kier alpha value is -3.89. The van der Waals surface area contributed by atoms with Crippen LogP contribution < -0.4 is 0 Å².